The summed E-state index contributed by atoms with van der Waals surface area (Å²) in [4.78, 5) is 28.3. The molecule has 192 valence electrons. The largest absolute Gasteiger partial charge is 0.322 e. The Morgan fingerprint density at radius 2 is 1.70 bits per heavy atom. The van der Waals surface area contributed by atoms with Crippen LogP contribution in [0.4, 0.5) is 11.4 Å². The molecule has 5 rings (SSSR count). The minimum absolute atomic E-state index is 0.0495. The lowest BCUT2D eigenvalue weighted by atomic mass is 9.90. The van der Waals surface area contributed by atoms with Crippen LogP contribution in [0.15, 0.2) is 66.7 Å². The number of hydrogen-bond donors (Lipinski definition) is 2. The molecule has 37 heavy (non-hydrogen) atoms. The topological polar surface area (TPSA) is 61.4 Å². The van der Waals surface area contributed by atoms with Gasteiger partial charge in [0.2, 0.25) is 0 Å². The lowest BCUT2D eigenvalue weighted by molar-refractivity contribution is 0.0976. The summed E-state index contributed by atoms with van der Waals surface area (Å²) in [7, 11) is 0. The van der Waals surface area contributed by atoms with Crippen molar-refractivity contribution in [2.75, 3.05) is 16.8 Å². The second-order valence-corrected chi connectivity index (χ2v) is 10.9. The third-order valence-electron chi connectivity index (χ3n) is 7.29. The Labute approximate surface area is 228 Å². The monoisotopic (exact) mass is 535 g/mol. The molecule has 0 spiro atoms. The Balaban J connectivity index is 1.35. The number of anilines is 2. The molecule has 3 aromatic rings. The van der Waals surface area contributed by atoms with Crippen LogP contribution in [-0.2, 0) is 0 Å². The van der Waals surface area contributed by atoms with Crippen molar-refractivity contribution in [3.05, 3.63) is 93.5 Å². The fourth-order valence-electron chi connectivity index (χ4n) is 5.07. The van der Waals surface area contributed by atoms with Crippen LogP contribution in [0, 0.1) is 0 Å². The van der Waals surface area contributed by atoms with Gasteiger partial charge in [-0.25, -0.2) is 0 Å². The highest BCUT2D eigenvalue weighted by Crippen LogP contribution is 2.40. The van der Waals surface area contributed by atoms with Crippen LogP contribution in [-0.4, -0.2) is 30.4 Å². The zero-order valence-electron chi connectivity index (χ0n) is 20.8. The number of halogens is 2. The average molecular weight is 537 g/mol. The molecule has 0 aromatic heterocycles. The highest BCUT2D eigenvalue weighted by atomic mass is 35.5. The van der Waals surface area contributed by atoms with E-state index in [9.17, 15) is 9.59 Å². The zero-order valence-corrected chi connectivity index (χ0v) is 22.4. The highest BCUT2D eigenvalue weighted by molar-refractivity contribution is 6.34. The molecule has 2 amide bonds. The smallest absolute Gasteiger partial charge is 0.258 e. The molecule has 3 aromatic carbocycles. The van der Waals surface area contributed by atoms with Gasteiger partial charge >= 0.3 is 0 Å². The summed E-state index contributed by atoms with van der Waals surface area (Å²) in [6.07, 6.45) is 5.50. The van der Waals surface area contributed by atoms with Gasteiger partial charge in [0.05, 0.1) is 10.6 Å². The van der Waals surface area contributed by atoms with Gasteiger partial charge in [-0.15, -0.1) is 0 Å². The lowest BCUT2D eigenvalue weighted by Gasteiger charge is -2.29. The number of amides is 2. The number of nitrogens with zero attached hydrogens (tertiary/aromatic N) is 1. The molecule has 0 saturated heterocycles. The molecule has 1 heterocycles. The van der Waals surface area contributed by atoms with Crippen LogP contribution >= 0.6 is 23.2 Å². The van der Waals surface area contributed by atoms with Crippen LogP contribution in [0.5, 0.6) is 0 Å². The summed E-state index contributed by atoms with van der Waals surface area (Å²) in [5.41, 5.74) is 3.65. The van der Waals surface area contributed by atoms with Gasteiger partial charge in [-0.3, -0.25) is 9.59 Å². The summed E-state index contributed by atoms with van der Waals surface area (Å²) < 4.78 is 0. The maximum absolute atomic E-state index is 13.8. The van der Waals surface area contributed by atoms with E-state index < -0.39 is 0 Å². The molecule has 2 N–H and O–H groups in total. The molecule has 1 fully saturated rings. The molecule has 1 aliphatic carbocycles. The average Bonchev–Trinajstić information content (AvgIpc) is 3.73. The molecular weight excluding hydrogens is 505 g/mol. The van der Waals surface area contributed by atoms with E-state index in [0.717, 1.165) is 37.1 Å². The molecule has 5 nitrogen and oxygen atoms in total. The number of carbonyl (C=O) groups is 2. The van der Waals surface area contributed by atoms with Gasteiger partial charge in [-0.2, -0.15) is 0 Å². The predicted molar refractivity (Wildman–Crippen MR) is 151 cm³/mol. The third-order valence-corrected chi connectivity index (χ3v) is 7.86. The first-order chi connectivity index (χ1) is 17.9. The molecule has 1 aliphatic heterocycles. The van der Waals surface area contributed by atoms with Crippen molar-refractivity contribution in [2.24, 2.45) is 0 Å². The molecule has 2 aliphatic rings. The predicted octanol–water partition coefficient (Wildman–Crippen LogP) is 7.30. The van der Waals surface area contributed by atoms with E-state index in [1.54, 1.807) is 48.5 Å². The van der Waals surface area contributed by atoms with Gasteiger partial charge in [0, 0.05) is 34.0 Å². The fraction of sp³-hybridized carbons (Fsp3) is 0.333. The van der Waals surface area contributed by atoms with Gasteiger partial charge in [0.15, 0.2) is 0 Å². The molecule has 7 heteroatoms. The first kappa shape index (κ1) is 25.8. The maximum Gasteiger partial charge on any atom is 0.258 e. The molecule has 0 radical (unpaired) electrons. The summed E-state index contributed by atoms with van der Waals surface area (Å²) in [5, 5.41) is 7.56. The van der Waals surface area contributed by atoms with Crippen LogP contribution < -0.4 is 15.5 Å². The van der Waals surface area contributed by atoms with Crippen molar-refractivity contribution in [1.29, 1.82) is 0 Å². The molecule has 0 bridgehead atoms. The Kier molecular flexibility index (Phi) is 7.84. The first-order valence-corrected chi connectivity index (χ1v) is 13.7. The van der Waals surface area contributed by atoms with Crippen molar-refractivity contribution >= 4 is 46.4 Å². The minimum Gasteiger partial charge on any atom is -0.322 e. The fourth-order valence-corrected chi connectivity index (χ4v) is 5.48. The molecular formula is C30H31Cl2N3O2. The Morgan fingerprint density at radius 3 is 2.43 bits per heavy atom. The summed E-state index contributed by atoms with van der Waals surface area (Å²) >= 11 is 12.6. The van der Waals surface area contributed by atoms with Gasteiger partial charge in [-0.1, -0.05) is 35.3 Å². The normalized spacial score (nSPS) is 19.2. The second kappa shape index (κ2) is 11.3. The van der Waals surface area contributed by atoms with E-state index in [4.69, 9.17) is 23.2 Å². The van der Waals surface area contributed by atoms with E-state index in [-0.39, 0.29) is 17.9 Å². The van der Waals surface area contributed by atoms with E-state index >= 15 is 0 Å². The Bertz CT molecular complexity index is 1290. The van der Waals surface area contributed by atoms with E-state index in [1.165, 1.54) is 12.8 Å². The number of rotatable bonds is 7. The van der Waals surface area contributed by atoms with Crippen molar-refractivity contribution in [1.82, 2.24) is 5.32 Å². The van der Waals surface area contributed by atoms with Crippen molar-refractivity contribution < 1.29 is 9.59 Å². The first-order valence-electron chi connectivity index (χ1n) is 12.9. The summed E-state index contributed by atoms with van der Waals surface area (Å²) in [5.74, 6) is -0.00162. The van der Waals surface area contributed by atoms with Crippen molar-refractivity contribution in [3.8, 4) is 0 Å². The number of hydrogen-bond acceptors (Lipinski definition) is 3. The Hall–Kier alpha value is -2.86. The van der Waals surface area contributed by atoms with Crippen LogP contribution in [0.25, 0.3) is 0 Å². The van der Waals surface area contributed by atoms with Crippen molar-refractivity contribution in [3.63, 3.8) is 0 Å². The minimum atomic E-state index is -0.293. The van der Waals surface area contributed by atoms with E-state index in [2.05, 4.69) is 17.6 Å². The highest BCUT2D eigenvalue weighted by Gasteiger charge is 2.32. The van der Waals surface area contributed by atoms with Crippen molar-refractivity contribution in [2.45, 2.75) is 57.0 Å². The Morgan fingerprint density at radius 1 is 0.946 bits per heavy atom. The molecule has 2 atom stereocenters. The SMILES string of the molecule is CC1CCC(CCNC2CC2)c2cc(Cl)ccc2N1C(=O)c1ccc(NC(=O)c2ccccc2Cl)cc1. The lowest BCUT2D eigenvalue weighted by Crippen LogP contribution is -2.38. The van der Waals surface area contributed by atoms with E-state index in [0.29, 0.717) is 38.8 Å². The van der Waals surface area contributed by atoms with Crippen LogP contribution in [0.3, 0.4) is 0 Å². The van der Waals surface area contributed by atoms with E-state index in [1.807, 2.05) is 23.1 Å². The van der Waals surface area contributed by atoms with Gasteiger partial charge in [-0.05, 0) is 112 Å². The number of fused-ring (bicyclic) bond motifs is 1. The van der Waals surface area contributed by atoms with Gasteiger partial charge < -0.3 is 15.5 Å². The number of carbonyl (C=O) groups excluding carboxylic acids is 2. The maximum atomic E-state index is 13.8. The second-order valence-electron chi connectivity index (χ2n) is 10.0. The standard InChI is InChI=1S/C30H31Cl2N3O2/c1-19-6-7-20(16-17-33-23-13-14-23)26-18-22(31)10-15-28(26)35(19)30(37)21-8-11-24(12-9-21)34-29(36)25-4-2-3-5-27(25)32/h2-5,8-12,15,18-20,23,33H,6-7,13-14,16-17H2,1H3,(H,34,36). The summed E-state index contributed by atoms with van der Waals surface area (Å²) in [6.45, 7) is 3.09. The van der Waals surface area contributed by atoms with Gasteiger partial charge in [0.1, 0.15) is 0 Å². The zero-order chi connectivity index (χ0) is 25.9. The summed E-state index contributed by atoms with van der Waals surface area (Å²) in [6, 6.07) is 20.5. The molecule has 1 saturated carbocycles. The quantitative estimate of drug-likeness (QED) is 0.333. The van der Waals surface area contributed by atoms with Crippen LogP contribution in [0.2, 0.25) is 10.0 Å². The molecule has 2 unspecified atom stereocenters. The van der Waals surface area contributed by atoms with Crippen LogP contribution in [0.1, 0.15) is 71.2 Å². The number of benzene rings is 3. The number of nitrogens with one attached hydrogen (secondary N) is 2. The third kappa shape index (κ3) is 6.01. The van der Waals surface area contributed by atoms with Gasteiger partial charge in [0.25, 0.3) is 11.8 Å².